The second kappa shape index (κ2) is 2.96. The highest BCUT2D eigenvalue weighted by Gasteiger charge is 2.39. The van der Waals surface area contributed by atoms with Crippen LogP contribution in [0.15, 0.2) is 29.8 Å². The summed E-state index contributed by atoms with van der Waals surface area (Å²) in [4.78, 5) is 11.2. The van der Waals surface area contributed by atoms with Crippen LogP contribution in [0.3, 0.4) is 0 Å². The fourth-order valence-corrected chi connectivity index (χ4v) is 2.52. The highest BCUT2D eigenvalue weighted by molar-refractivity contribution is 6.02. The Morgan fingerprint density at radius 3 is 2.40 bits per heavy atom. The highest BCUT2D eigenvalue weighted by Crippen LogP contribution is 2.45. The van der Waals surface area contributed by atoms with Gasteiger partial charge in [0.1, 0.15) is 0 Å². The lowest BCUT2D eigenvalue weighted by Crippen LogP contribution is -2.22. The van der Waals surface area contributed by atoms with E-state index in [9.17, 15) is 9.90 Å². The van der Waals surface area contributed by atoms with Crippen molar-refractivity contribution in [1.82, 2.24) is 0 Å². The van der Waals surface area contributed by atoms with Gasteiger partial charge in [0.2, 0.25) is 0 Å². The van der Waals surface area contributed by atoms with Gasteiger partial charge in [0.05, 0.1) is 5.57 Å². The predicted molar refractivity (Wildman–Crippen MR) is 59.7 cm³/mol. The van der Waals surface area contributed by atoms with Crippen LogP contribution in [0.25, 0.3) is 5.57 Å². The molecule has 1 aliphatic rings. The monoisotopic (exact) mass is 202 g/mol. The normalized spacial score (nSPS) is 17.8. The molecular formula is C13H14O2. The van der Waals surface area contributed by atoms with Crippen molar-refractivity contribution in [2.75, 3.05) is 0 Å². The van der Waals surface area contributed by atoms with E-state index in [2.05, 4.69) is 0 Å². The molecule has 0 atom stereocenters. The number of allylic oxidation sites excluding steroid dienone is 1. The maximum absolute atomic E-state index is 11.2. The Morgan fingerprint density at radius 2 is 1.87 bits per heavy atom. The van der Waals surface area contributed by atoms with Gasteiger partial charge in [0.25, 0.3) is 0 Å². The zero-order valence-corrected chi connectivity index (χ0v) is 9.16. The van der Waals surface area contributed by atoms with Gasteiger partial charge in [0, 0.05) is 5.41 Å². The van der Waals surface area contributed by atoms with Gasteiger partial charge >= 0.3 is 5.97 Å². The Bertz CT molecular complexity index is 467. The van der Waals surface area contributed by atoms with Crippen molar-refractivity contribution in [2.24, 2.45) is 0 Å². The molecule has 0 saturated carbocycles. The highest BCUT2D eigenvalue weighted by atomic mass is 16.4. The minimum absolute atomic E-state index is 0.382. The lowest BCUT2D eigenvalue weighted by Gasteiger charge is -2.21. The molecule has 2 nitrogen and oxygen atoms in total. The summed E-state index contributed by atoms with van der Waals surface area (Å²) in [5.74, 6) is -0.811. The van der Waals surface area contributed by atoms with E-state index in [1.165, 1.54) is 0 Å². The number of hydrogen-bond donors (Lipinski definition) is 1. The van der Waals surface area contributed by atoms with Gasteiger partial charge in [-0.25, -0.2) is 4.79 Å². The summed E-state index contributed by atoms with van der Waals surface area (Å²) >= 11 is 0. The smallest absolute Gasteiger partial charge is 0.332 e. The van der Waals surface area contributed by atoms with Crippen molar-refractivity contribution in [3.05, 3.63) is 41.0 Å². The van der Waals surface area contributed by atoms with Crippen LogP contribution in [0.4, 0.5) is 0 Å². The number of rotatable bonds is 1. The molecule has 0 radical (unpaired) electrons. The second-order valence-corrected chi connectivity index (χ2v) is 4.48. The number of aliphatic carboxylic acids is 1. The maximum atomic E-state index is 11.2. The molecular weight excluding hydrogens is 188 g/mol. The van der Waals surface area contributed by atoms with Crippen LogP contribution in [0.1, 0.15) is 31.9 Å². The molecule has 0 saturated heterocycles. The Morgan fingerprint density at radius 1 is 1.27 bits per heavy atom. The van der Waals surface area contributed by atoms with E-state index in [1.807, 2.05) is 45.0 Å². The Balaban J connectivity index is 2.74. The van der Waals surface area contributed by atoms with Crippen molar-refractivity contribution >= 4 is 11.5 Å². The summed E-state index contributed by atoms with van der Waals surface area (Å²) in [6.45, 7) is 5.81. The number of fused-ring (bicyclic) bond motifs is 1. The summed E-state index contributed by atoms with van der Waals surface area (Å²) in [6.07, 6.45) is 0. The summed E-state index contributed by atoms with van der Waals surface area (Å²) in [7, 11) is 0. The average molecular weight is 202 g/mol. The average Bonchev–Trinajstić information content (AvgIpc) is 2.36. The zero-order chi connectivity index (χ0) is 11.2. The van der Waals surface area contributed by atoms with Crippen LogP contribution >= 0.6 is 0 Å². The minimum Gasteiger partial charge on any atom is -0.478 e. The molecule has 0 aromatic heterocycles. The molecule has 1 aliphatic carbocycles. The molecule has 1 N–H and O–H groups in total. The number of benzene rings is 1. The lowest BCUT2D eigenvalue weighted by molar-refractivity contribution is -0.133. The molecule has 2 rings (SSSR count). The molecule has 0 heterocycles. The second-order valence-electron chi connectivity index (χ2n) is 4.48. The van der Waals surface area contributed by atoms with Gasteiger partial charge in [-0.1, -0.05) is 38.1 Å². The van der Waals surface area contributed by atoms with Gasteiger partial charge in [-0.2, -0.15) is 0 Å². The Labute approximate surface area is 89.2 Å². The van der Waals surface area contributed by atoms with E-state index < -0.39 is 5.97 Å². The summed E-state index contributed by atoms with van der Waals surface area (Å²) in [5.41, 5.74) is 3.21. The van der Waals surface area contributed by atoms with Crippen LogP contribution in [-0.2, 0) is 10.2 Å². The minimum atomic E-state index is -0.811. The van der Waals surface area contributed by atoms with E-state index in [0.29, 0.717) is 5.57 Å². The van der Waals surface area contributed by atoms with Crippen LogP contribution in [0.5, 0.6) is 0 Å². The van der Waals surface area contributed by atoms with Crippen LogP contribution < -0.4 is 0 Å². The van der Waals surface area contributed by atoms with E-state index >= 15 is 0 Å². The zero-order valence-electron chi connectivity index (χ0n) is 9.16. The van der Waals surface area contributed by atoms with Gasteiger partial charge < -0.3 is 5.11 Å². The number of hydrogen-bond acceptors (Lipinski definition) is 1. The number of carboxylic acids is 1. The molecule has 0 unspecified atom stereocenters. The van der Waals surface area contributed by atoms with Crippen molar-refractivity contribution in [3.63, 3.8) is 0 Å². The first-order valence-electron chi connectivity index (χ1n) is 5.01. The molecule has 2 heteroatoms. The van der Waals surface area contributed by atoms with Gasteiger partial charge in [-0.05, 0) is 23.6 Å². The predicted octanol–water partition coefficient (Wildman–Crippen LogP) is 2.84. The molecule has 0 amide bonds. The fourth-order valence-electron chi connectivity index (χ4n) is 2.52. The van der Waals surface area contributed by atoms with Gasteiger partial charge in [-0.3, -0.25) is 0 Å². The molecule has 0 fully saturated rings. The molecule has 78 valence electrons. The maximum Gasteiger partial charge on any atom is 0.332 e. The summed E-state index contributed by atoms with van der Waals surface area (Å²) in [5, 5.41) is 9.23. The Hall–Kier alpha value is -1.57. The number of carboxylic acid groups (broad SMARTS) is 1. The van der Waals surface area contributed by atoms with E-state index in [-0.39, 0.29) is 5.41 Å². The van der Waals surface area contributed by atoms with Crippen molar-refractivity contribution in [2.45, 2.75) is 26.2 Å². The Kier molecular flexibility index (Phi) is 1.97. The van der Waals surface area contributed by atoms with Crippen LogP contribution in [0, 0.1) is 0 Å². The molecule has 0 spiro atoms. The largest absolute Gasteiger partial charge is 0.478 e. The van der Waals surface area contributed by atoms with Crippen molar-refractivity contribution < 1.29 is 9.90 Å². The first-order valence-corrected chi connectivity index (χ1v) is 5.01. The third kappa shape index (κ3) is 1.21. The molecule has 1 aromatic carbocycles. The third-order valence-electron chi connectivity index (χ3n) is 3.22. The first kappa shape index (κ1) is 9.97. The molecule has 15 heavy (non-hydrogen) atoms. The SMILES string of the molecule is CC1=C(C(=O)O)C(C)(C)c2ccccc21. The molecule has 0 aliphatic heterocycles. The van der Waals surface area contributed by atoms with Crippen molar-refractivity contribution in [1.29, 1.82) is 0 Å². The quantitative estimate of drug-likeness (QED) is 0.760. The van der Waals surface area contributed by atoms with E-state index in [0.717, 1.165) is 16.7 Å². The topological polar surface area (TPSA) is 37.3 Å². The van der Waals surface area contributed by atoms with Crippen LogP contribution in [-0.4, -0.2) is 11.1 Å². The fraction of sp³-hybridized carbons (Fsp3) is 0.308. The third-order valence-corrected chi connectivity index (χ3v) is 3.22. The van der Waals surface area contributed by atoms with E-state index in [1.54, 1.807) is 0 Å². The van der Waals surface area contributed by atoms with Gasteiger partial charge in [-0.15, -0.1) is 0 Å². The molecule has 1 aromatic rings. The summed E-state index contributed by atoms with van der Waals surface area (Å²) in [6, 6.07) is 7.90. The number of carbonyl (C=O) groups is 1. The van der Waals surface area contributed by atoms with Crippen molar-refractivity contribution in [3.8, 4) is 0 Å². The summed E-state index contributed by atoms with van der Waals surface area (Å²) < 4.78 is 0. The standard InChI is InChI=1S/C13H14O2/c1-8-9-6-4-5-7-10(9)13(2,3)11(8)12(14)15/h4-7H,1-3H3,(H,14,15). The van der Waals surface area contributed by atoms with Gasteiger partial charge in [0.15, 0.2) is 0 Å². The lowest BCUT2D eigenvalue weighted by atomic mass is 9.81. The first-order chi connectivity index (χ1) is 6.96. The van der Waals surface area contributed by atoms with E-state index in [4.69, 9.17) is 0 Å². The molecule has 0 bridgehead atoms. The van der Waals surface area contributed by atoms with Crippen LogP contribution in [0.2, 0.25) is 0 Å².